The van der Waals surface area contributed by atoms with Gasteiger partial charge in [0.05, 0.1) is 13.2 Å². The van der Waals surface area contributed by atoms with Crippen LogP contribution >= 0.6 is 23.4 Å². The van der Waals surface area contributed by atoms with Gasteiger partial charge in [-0.15, -0.1) is 11.8 Å². The maximum atomic E-state index is 13.0. The van der Waals surface area contributed by atoms with E-state index in [2.05, 4.69) is 10.1 Å². The zero-order valence-corrected chi connectivity index (χ0v) is 18.6. The second-order valence-electron chi connectivity index (χ2n) is 6.33. The van der Waals surface area contributed by atoms with Gasteiger partial charge in [-0.25, -0.2) is 9.48 Å². The molecule has 0 bridgehead atoms. The average molecular weight is 454 g/mol. The lowest BCUT2D eigenvalue weighted by molar-refractivity contribution is 0.331. The lowest BCUT2D eigenvalue weighted by Crippen LogP contribution is -2.25. The van der Waals surface area contributed by atoms with E-state index in [0.29, 0.717) is 16.3 Å². The molecule has 8 heteroatoms. The monoisotopic (exact) mass is 453 g/mol. The number of aromatic nitrogens is 2. The molecule has 0 amide bonds. The van der Waals surface area contributed by atoms with Gasteiger partial charge in [0.1, 0.15) is 5.69 Å². The lowest BCUT2D eigenvalue weighted by atomic mass is 10.1. The maximum absolute atomic E-state index is 13.0. The van der Waals surface area contributed by atoms with Gasteiger partial charge in [0.25, 0.3) is 0 Å². The quantitative estimate of drug-likeness (QED) is 0.260. The molecule has 0 aliphatic rings. The highest BCUT2D eigenvalue weighted by Gasteiger charge is 2.20. The molecule has 0 radical (unpaired) electrons. The van der Waals surface area contributed by atoms with E-state index >= 15 is 0 Å². The summed E-state index contributed by atoms with van der Waals surface area (Å²) in [5.74, 6) is -0.0234. The molecule has 1 heterocycles. The number of benzene rings is 2. The molecule has 0 saturated heterocycles. The number of thioether (sulfide) groups is 1. The van der Waals surface area contributed by atoms with Crippen LogP contribution in [0, 0.1) is 0 Å². The molecule has 1 aromatic heterocycles. The topological polar surface area (TPSA) is 73.5 Å². The van der Waals surface area contributed by atoms with Gasteiger partial charge in [0.2, 0.25) is 11.8 Å². The van der Waals surface area contributed by atoms with Crippen molar-refractivity contribution in [2.45, 2.75) is 18.4 Å². The molecule has 0 aliphatic heterocycles. The normalized spacial score (nSPS) is 10.8. The number of nitrogens with zero attached hydrogens (tertiary/aromatic N) is 3. The zero-order chi connectivity index (χ0) is 22.2. The molecule has 0 saturated carbocycles. The number of ether oxygens (including phenoxy) is 1. The summed E-state index contributed by atoms with van der Waals surface area (Å²) in [6.07, 6.45) is 7.18. The molecule has 2 aromatic carbocycles. The van der Waals surface area contributed by atoms with Crippen molar-refractivity contribution in [2.75, 3.05) is 12.9 Å². The molecule has 3 aromatic rings. The highest BCUT2D eigenvalue weighted by molar-refractivity contribution is 7.98. The first-order valence-electron chi connectivity index (χ1n) is 9.49. The van der Waals surface area contributed by atoms with Gasteiger partial charge < -0.3 is 4.74 Å². The summed E-state index contributed by atoms with van der Waals surface area (Å²) in [6, 6.07) is 14.9. The molecular formula is C23H20ClN3O3S. The summed E-state index contributed by atoms with van der Waals surface area (Å²) in [6.45, 7) is 2.21. The molecule has 0 aliphatic carbocycles. The summed E-state index contributed by atoms with van der Waals surface area (Å²) >= 11 is 7.52. The molecule has 0 N–H and O–H groups in total. The molecule has 0 fully saturated rings. The van der Waals surface area contributed by atoms with Crippen LogP contribution in [0.1, 0.15) is 12.5 Å². The van der Waals surface area contributed by atoms with Gasteiger partial charge in [-0.2, -0.15) is 10.1 Å². The Hall–Kier alpha value is -3.12. The van der Waals surface area contributed by atoms with Crippen molar-refractivity contribution in [3.8, 4) is 17.0 Å². The van der Waals surface area contributed by atoms with Crippen LogP contribution in [0.2, 0.25) is 5.02 Å². The summed E-state index contributed by atoms with van der Waals surface area (Å²) in [7, 11) is 0. The number of isocyanates is 1. The third-order valence-corrected chi connectivity index (χ3v) is 5.35. The van der Waals surface area contributed by atoms with Crippen LogP contribution in [-0.4, -0.2) is 28.7 Å². The van der Waals surface area contributed by atoms with Crippen molar-refractivity contribution < 1.29 is 9.53 Å². The fraction of sp³-hybridized carbons (Fsp3) is 0.174. The average Bonchev–Trinajstić information content (AvgIpc) is 2.79. The Morgan fingerprint density at radius 1 is 1.19 bits per heavy atom. The molecule has 3 rings (SSSR count). The number of halogens is 1. The fourth-order valence-corrected chi connectivity index (χ4v) is 3.43. The van der Waals surface area contributed by atoms with E-state index in [9.17, 15) is 9.59 Å². The Morgan fingerprint density at radius 3 is 2.52 bits per heavy atom. The minimum Gasteiger partial charge on any atom is -0.486 e. The third kappa shape index (κ3) is 5.52. The first kappa shape index (κ1) is 22.6. The van der Waals surface area contributed by atoms with Crippen LogP contribution in [0.15, 0.2) is 69.3 Å². The lowest BCUT2D eigenvalue weighted by Gasteiger charge is -2.13. The second kappa shape index (κ2) is 10.8. The first-order chi connectivity index (χ1) is 15.1. The number of allylic oxidation sites excluding steroid dienone is 1. The number of hydrogen-bond donors (Lipinski definition) is 0. The first-order valence-corrected chi connectivity index (χ1v) is 11.1. The van der Waals surface area contributed by atoms with Crippen LogP contribution in [0.25, 0.3) is 17.3 Å². The van der Waals surface area contributed by atoms with E-state index in [0.717, 1.165) is 10.5 Å². The summed E-state index contributed by atoms with van der Waals surface area (Å²) < 4.78 is 6.85. The second-order valence-corrected chi connectivity index (χ2v) is 7.65. The number of hydrogen-bond acceptors (Lipinski definition) is 6. The van der Waals surface area contributed by atoms with Crippen molar-refractivity contribution in [1.29, 1.82) is 0 Å². The minimum atomic E-state index is -0.471. The van der Waals surface area contributed by atoms with Gasteiger partial charge in [-0.3, -0.25) is 4.79 Å². The maximum Gasteiger partial charge on any atom is 0.311 e. The predicted octanol–water partition coefficient (Wildman–Crippen LogP) is 5.37. The number of carbonyl (C=O) groups excluding carboxylic acids is 1. The number of rotatable bonds is 8. The summed E-state index contributed by atoms with van der Waals surface area (Å²) in [5.41, 5.74) is 1.64. The standard InChI is InChI=1S/C23H20ClN3O3S/c1-3-30-22-21(25-15-28)20(17-8-12-19(31-2)13-9-17)26-27(23(22)29)14-4-5-16-6-10-18(24)11-7-16/h4-13H,3,14H2,1-2H3. The smallest absolute Gasteiger partial charge is 0.311 e. The molecular weight excluding hydrogens is 434 g/mol. The van der Waals surface area contributed by atoms with Gasteiger partial charge in [0, 0.05) is 15.5 Å². The van der Waals surface area contributed by atoms with Crippen LogP contribution in [0.4, 0.5) is 5.69 Å². The zero-order valence-electron chi connectivity index (χ0n) is 17.0. The molecule has 158 valence electrons. The molecule has 31 heavy (non-hydrogen) atoms. The Labute approximate surface area is 189 Å². The van der Waals surface area contributed by atoms with E-state index < -0.39 is 5.56 Å². The van der Waals surface area contributed by atoms with Crippen molar-refractivity contribution in [2.24, 2.45) is 4.99 Å². The largest absolute Gasteiger partial charge is 0.486 e. The van der Waals surface area contributed by atoms with Crippen molar-refractivity contribution in [1.82, 2.24) is 9.78 Å². The van der Waals surface area contributed by atoms with Gasteiger partial charge in [-0.1, -0.05) is 48.0 Å². The van der Waals surface area contributed by atoms with Crippen LogP contribution in [0.5, 0.6) is 5.75 Å². The predicted molar refractivity (Wildman–Crippen MR) is 125 cm³/mol. The van der Waals surface area contributed by atoms with E-state index in [1.54, 1.807) is 30.8 Å². The van der Waals surface area contributed by atoms with Crippen molar-refractivity contribution in [3.63, 3.8) is 0 Å². The Morgan fingerprint density at radius 2 is 1.90 bits per heavy atom. The van der Waals surface area contributed by atoms with E-state index in [4.69, 9.17) is 16.3 Å². The van der Waals surface area contributed by atoms with Crippen LogP contribution < -0.4 is 10.3 Å². The van der Waals surface area contributed by atoms with Gasteiger partial charge in [-0.05, 0) is 43.0 Å². The third-order valence-electron chi connectivity index (χ3n) is 4.36. The van der Waals surface area contributed by atoms with E-state index in [1.807, 2.05) is 54.8 Å². The van der Waals surface area contributed by atoms with E-state index in [1.165, 1.54) is 10.8 Å². The van der Waals surface area contributed by atoms with Crippen LogP contribution in [-0.2, 0) is 11.3 Å². The Kier molecular flexibility index (Phi) is 7.84. The molecule has 0 atom stereocenters. The fourth-order valence-electron chi connectivity index (χ4n) is 2.89. The van der Waals surface area contributed by atoms with Gasteiger partial charge >= 0.3 is 5.56 Å². The Balaban J connectivity index is 2.07. The minimum absolute atomic E-state index is 0.0234. The molecule has 0 spiro atoms. The Bertz CT molecular complexity index is 1180. The van der Waals surface area contributed by atoms with Gasteiger partial charge in [0.15, 0.2) is 5.69 Å². The van der Waals surface area contributed by atoms with Crippen molar-refractivity contribution >= 4 is 41.2 Å². The highest BCUT2D eigenvalue weighted by Crippen LogP contribution is 2.34. The van der Waals surface area contributed by atoms with E-state index in [-0.39, 0.29) is 24.6 Å². The molecule has 0 unspecified atom stereocenters. The summed E-state index contributed by atoms with van der Waals surface area (Å²) in [5, 5.41) is 5.13. The number of aliphatic imine (C=N–C) groups is 1. The van der Waals surface area contributed by atoms with Crippen molar-refractivity contribution in [3.05, 3.63) is 75.5 Å². The van der Waals surface area contributed by atoms with Crippen LogP contribution in [0.3, 0.4) is 0 Å². The summed E-state index contributed by atoms with van der Waals surface area (Å²) in [4.78, 5) is 28.8. The molecule has 6 nitrogen and oxygen atoms in total. The highest BCUT2D eigenvalue weighted by atomic mass is 35.5. The SMILES string of the molecule is CCOc1c(N=C=O)c(-c2ccc(SC)cc2)nn(CC=Cc2ccc(Cl)cc2)c1=O.